The van der Waals surface area contributed by atoms with Crippen molar-refractivity contribution in [2.24, 2.45) is 0 Å². The third-order valence-electron chi connectivity index (χ3n) is 4.14. The lowest BCUT2D eigenvalue weighted by atomic mass is 10.1. The molecule has 0 saturated heterocycles. The SMILES string of the molecule is CCCCNC(=O)c1cc(-c2ccc(OC)cc2)nn1-c1ccccc1. The first-order chi connectivity index (χ1) is 12.7. The fourth-order valence-corrected chi connectivity index (χ4v) is 2.68. The summed E-state index contributed by atoms with van der Waals surface area (Å²) in [6.07, 6.45) is 1.99. The van der Waals surface area contributed by atoms with Gasteiger partial charge in [-0.2, -0.15) is 5.10 Å². The Labute approximate surface area is 153 Å². The van der Waals surface area contributed by atoms with Crippen molar-refractivity contribution in [2.45, 2.75) is 19.8 Å². The number of carbonyl (C=O) groups excluding carboxylic acids is 1. The third-order valence-corrected chi connectivity index (χ3v) is 4.14. The lowest BCUT2D eigenvalue weighted by molar-refractivity contribution is 0.0945. The Balaban J connectivity index is 1.98. The van der Waals surface area contributed by atoms with Gasteiger partial charge in [0.1, 0.15) is 11.4 Å². The third kappa shape index (κ3) is 3.94. The topological polar surface area (TPSA) is 56.1 Å². The first-order valence-corrected chi connectivity index (χ1v) is 8.81. The summed E-state index contributed by atoms with van der Waals surface area (Å²) in [6.45, 7) is 2.76. The number of methoxy groups -OCH3 is 1. The summed E-state index contributed by atoms with van der Waals surface area (Å²) in [5.74, 6) is 0.670. The van der Waals surface area contributed by atoms with Gasteiger partial charge in [0.2, 0.25) is 0 Å². The quantitative estimate of drug-likeness (QED) is 0.654. The van der Waals surface area contributed by atoms with E-state index in [1.54, 1.807) is 11.8 Å². The Hall–Kier alpha value is -3.08. The van der Waals surface area contributed by atoms with Crippen LogP contribution in [0.1, 0.15) is 30.3 Å². The van der Waals surface area contributed by atoms with Crippen molar-refractivity contribution in [2.75, 3.05) is 13.7 Å². The van der Waals surface area contributed by atoms with E-state index in [0.717, 1.165) is 35.5 Å². The van der Waals surface area contributed by atoms with Crippen LogP contribution in [-0.4, -0.2) is 29.3 Å². The zero-order valence-electron chi connectivity index (χ0n) is 15.1. The minimum atomic E-state index is -0.116. The van der Waals surface area contributed by atoms with E-state index in [1.807, 2.05) is 60.7 Å². The van der Waals surface area contributed by atoms with Crippen LogP contribution in [0.25, 0.3) is 16.9 Å². The van der Waals surface area contributed by atoms with E-state index in [-0.39, 0.29) is 5.91 Å². The Bertz CT molecular complexity index is 855. The summed E-state index contributed by atoms with van der Waals surface area (Å²) in [4.78, 5) is 12.7. The van der Waals surface area contributed by atoms with Crippen molar-refractivity contribution in [1.29, 1.82) is 0 Å². The molecule has 0 aliphatic rings. The maximum Gasteiger partial charge on any atom is 0.270 e. The van der Waals surface area contributed by atoms with Crippen molar-refractivity contribution in [1.82, 2.24) is 15.1 Å². The van der Waals surface area contributed by atoms with E-state index in [2.05, 4.69) is 17.3 Å². The highest BCUT2D eigenvalue weighted by atomic mass is 16.5. The molecule has 1 amide bonds. The van der Waals surface area contributed by atoms with Crippen molar-refractivity contribution in [3.05, 3.63) is 66.4 Å². The molecule has 0 unspecified atom stereocenters. The van der Waals surface area contributed by atoms with Crippen LogP contribution in [-0.2, 0) is 0 Å². The van der Waals surface area contributed by atoms with Crippen molar-refractivity contribution in [3.63, 3.8) is 0 Å². The molecule has 0 aliphatic carbocycles. The van der Waals surface area contributed by atoms with Crippen LogP contribution < -0.4 is 10.1 Å². The highest BCUT2D eigenvalue weighted by Crippen LogP contribution is 2.24. The van der Waals surface area contributed by atoms with Crippen molar-refractivity contribution in [3.8, 4) is 22.7 Å². The van der Waals surface area contributed by atoms with E-state index in [0.29, 0.717) is 12.2 Å². The van der Waals surface area contributed by atoms with Gasteiger partial charge < -0.3 is 10.1 Å². The molecule has 3 aromatic rings. The van der Waals surface area contributed by atoms with Gasteiger partial charge in [-0.25, -0.2) is 4.68 Å². The molecule has 2 aromatic carbocycles. The largest absolute Gasteiger partial charge is 0.497 e. The molecule has 26 heavy (non-hydrogen) atoms. The molecule has 0 spiro atoms. The lowest BCUT2D eigenvalue weighted by Gasteiger charge is -2.07. The monoisotopic (exact) mass is 349 g/mol. The Morgan fingerprint density at radius 3 is 2.50 bits per heavy atom. The highest BCUT2D eigenvalue weighted by molar-refractivity contribution is 5.94. The number of hydrogen-bond acceptors (Lipinski definition) is 3. The van der Waals surface area contributed by atoms with Crippen LogP contribution in [0, 0.1) is 0 Å². The number of nitrogens with zero attached hydrogens (tertiary/aromatic N) is 2. The Morgan fingerprint density at radius 2 is 1.85 bits per heavy atom. The number of hydrogen-bond donors (Lipinski definition) is 1. The molecule has 0 bridgehead atoms. The fraction of sp³-hybridized carbons (Fsp3) is 0.238. The standard InChI is InChI=1S/C21H23N3O2/c1-3-4-14-22-21(25)20-15-19(16-10-12-18(26-2)13-11-16)23-24(20)17-8-6-5-7-9-17/h5-13,15H,3-4,14H2,1-2H3,(H,22,25). The van der Waals surface area contributed by atoms with E-state index < -0.39 is 0 Å². The maximum atomic E-state index is 12.7. The number of carbonyl (C=O) groups is 1. The van der Waals surface area contributed by atoms with Crippen LogP contribution in [0.2, 0.25) is 0 Å². The van der Waals surface area contributed by atoms with Crippen LogP contribution in [0.4, 0.5) is 0 Å². The van der Waals surface area contributed by atoms with Crippen molar-refractivity contribution >= 4 is 5.91 Å². The second kappa shape index (κ2) is 8.34. The molecule has 0 saturated carbocycles. The van der Waals surface area contributed by atoms with E-state index in [4.69, 9.17) is 4.74 Å². The molecular formula is C21H23N3O2. The molecule has 0 fully saturated rings. The molecule has 0 aliphatic heterocycles. The van der Waals surface area contributed by atoms with Crippen LogP contribution in [0.15, 0.2) is 60.7 Å². The van der Waals surface area contributed by atoms with E-state index in [1.165, 1.54) is 0 Å². The number of amides is 1. The van der Waals surface area contributed by atoms with Gasteiger partial charge in [-0.05, 0) is 48.9 Å². The fourth-order valence-electron chi connectivity index (χ4n) is 2.68. The van der Waals surface area contributed by atoms with Gasteiger partial charge in [-0.3, -0.25) is 4.79 Å². The van der Waals surface area contributed by atoms with E-state index in [9.17, 15) is 4.79 Å². The van der Waals surface area contributed by atoms with Gasteiger partial charge in [0.15, 0.2) is 0 Å². The van der Waals surface area contributed by atoms with Crippen LogP contribution in [0.5, 0.6) is 5.75 Å². The van der Waals surface area contributed by atoms with Crippen molar-refractivity contribution < 1.29 is 9.53 Å². The van der Waals surface area contributed by atoms with Gasteiger partial charge in [0.25, 0.3) is 5.91 Å². The zero-order chi connectivity index (χ0) is 18.4. The number of unbranched alkanes of at least 4 members (excludes halogenated alkanes) is 1. The van der Waals surface area contributed by atoms with Gasteiger partial charge in [0.05, 0.1) is 18.5 Å². The van der Waals surface area contributed by atoms with Crippen LogP contribution in [0.3, 0.4) is 0 Å². The normalized spacial score (nSPS) is 10.5. The highest BCUT2D eigenvalue weighted by Gasteiger charge is 2.17. The molecule has 0 radical (unpaired) electrons. The predicted molar refractivity (Wildman–Crippen MR) is 103 cm³/mol. The summed E-state index contributed by atoms with van der Waals surface area (Å²) in [5.41, 5.74) is 3.06. The summed E-state index contributed by atoms with van der Waals surface area (Å²) in [7, 11) is 1.64. The average molecular weight is 349 g/mol. The molecule has 1 N–H and O–H groups in total. The molecule has 0 atom stereocenters. The lowest BCUT2D eigenvalue weighted by Crippen LogP contribution is -2.26. The number of nitrogens with one attached hydrogen (secondary N) is 1. The smallest absolute Gasteiger partial charge is 0.270 e. The molecule has 134 valence electrons. The number of ether oxygens (including phenoxy) is 1. The number of para-hydroxylation sites is 1. The van der Waals surface area contributed by atoms with Gasteiger partial charge in [-0.1, -0.05) is 31.5 Å². The molecule has 5 heteroatoms. The number of aromatic nitrogens is 2. The molecule has 5 nitrogen and oxygen atoms in total. The van der Waals surface area contributed by atoms with Gasteiger partial charge in [-0.15, -0.1) is 0 Å². The average Bonchev–Trinajstić information content (AvgIpc) is 3.14. The second-order valence-electron chi connectivity index (χ2n) is 6.00. The minimum absolute atomic E-state index is 0.116. The Kier molecular flexibility index (Phi) is 5.69. The molecule has 1 aromatic heterocycles. The van der Waals surface area contributed by atoms with E-state index >= 15 is 0 Å². The Morgan fingerprint density at radius 1 is 1.12 bits per heavy atom. The minimum Gasteiger partial charge on any atom is -0.497 e. The number of rotatable bonds is 7. The molecular weight excluding hydrogens is 326 g/mol. The summed E-state index contributed by atoms with van der Waals surface area (Å²) in [6, 6.07) is 19.2. The van der Waals surface area contributed by atoms with Crippen LogP contribution >= 0.6 is 0 Å². The maximum absolute atomic E-state index is 12.7. The first-order valence-electron chi connectivity index (χ1n) is 8.81. The predicted octanol–water partition coefficient (Wildman–Crippen LogP) is 4.08. The summed E-state index contributed by atoms with van der Waals surface area (Å²) in [5, 5.41) is 7.64. The second-order valence-corrected chi connectivity index (χ2v) is 6.00. The molecule has 1 heterocycles. The summed E-state index contributed by atoms with van der Waals surface area (Å²) >= 11 is 0. The zero-order valence-corrected chi connectivity index (χ0v) is 15.1. The number of benzene rings is 2. The summed E-state index contributed by atoms with van der Waals surface area (Å²) < 4.78 is 6.90. The van der Waals surface area contributed by atoms with Gasteiger partial charge >= 0.3 is 0 Å². The first kappa shape index (κ1) is 17.7. The molecule has 3 rings (SSSR count). The van der Waals surface area contributed by atoms with Gasteiger partial charge in [0, 0.05) is 12.1 Å².